The molecular formula is C18H24BrFN2O2. The molecule has 0 heterocycles. The van der Waals surface area contributed by atoms with Crippen LogP contribution in [-0.4, -0.2) is 28.8 Å². The van der Waals surface area contributed by atoms with Crippen LogP contribution in [0.1, 0.15) is 51.5 Å². The van der Waals surface area contributed by atoms with Gasteiger partial charge in [-0.1, -0.05) is 35.2 Å². The Morgan fingerprint density at radius 2 is 1.96 bits per heavy atom. The van der Waals surface area contributed by atoms with Crippen molar-refractivity contribution in [3.63, 3.8) is 0 Å². The molecular weight excluding hydrogens is 375 g/mol. The third-order valence-corrected chi connectivity index (χ3v) is 5.06. The molecule has 2 rings (SSSR count). The highest BCUT2D eigenvalue weighted by molar-refractivity contribution is 9.10. The zero-order valence-corrected chi connectivity index (χ0v) is 15.8. The van der Waals surface area contributed by atoms with Gasteiger partial charge in [0.25, 0.3) is 0 Å². The molecule has 24 heavy (non-hydrogen) atoms. The predicted octanol–water partition coefficient (Wildman–Crippen LogP) is 3.78. The normalized spacial score (nSPS) is 16.5. The summed E-state index contributed by atoms with van der Waals surface area (Å²) in [6.07, 6.45) is 4.18. The zero-order valence-electron chi connectivity index (χ0n) is 14.2. The standard InChI is InChI=1S/C18H24BrFN2O2/c1-3-22(12-14-11-15(19)7-8-16(14)20)17(24)18(21-13(2)23)9-5-4-6-10-18/h7-8,11H,3-6,9-10,12H2,1-2H3,(H,21,23). The molecule has 0 saturated heterocycles. The fourth-order valence-corrected chi connectivity index (χ4v) is 3.79. The first-order chi connectivity index (χ1) is 11.4. The Hall–Kier alpha value is -1.43. The highest BCUT2D eigenvalue weighted by atomic mass is 79.9. The number of halogens is 2. The first-order valence-corrected chi connectivity index (χ1v) is 9.19. The Morgan fingerprint density at radius 3 is 2.54 bits per heavy atom. The second kappa shape index (κ2) is 8.10. The van der Waals surface area contributed by atoms with Gasteiger partial charge in [-0.2, -0.15) is 0 Å². The van der Waals surface area contributed by atoms with Crippen LogP contribution in [0.5, 0.6) is 0 Å². The van der Waals surface area contributed by atoms with Crippen molar-refractivity contribution in [1.29, 1.82) is 0 Å². The predicted molar refractivity (Wildman–Crippen MR) is 94.8 cm³/mol. The summed E-state index contributed by atoms with van der Waals surface area (Å²) < 4.78 is 14.8. The van der Waals surface area contributed by atoms with Gasteiger partial charge in [-0.15, -0.1) is 0 Å². The van der Waals surface area contributed by atoms with Gasteiger partial charge in [-0.25, -0.2) is 4.39 Å². The van der Waals surface area contributed by atoms with Gasteiger partial charge in [0.1, 0.15) is 11.4 Å². The Morgan fingerprint density at radius 1 is 1.29 bits per heavy atom. The molecule has 0 aromatic heterocycles. The summed E-state index contributed by atoms with van der Waals surface area (Å²) in [4.78, 5) is 26.4. The highest BCUT2D eigenvalue weighted by Crippen LogP contribution is 2.31. The highest BCUT2D eigenvalue weighted by Gasteiger charge is 2.42. The van der Waals surface area contributed by atoms with Crippen LogP contribution in [0.4, 0.5) is 4.39 Å². The molecule has 1 aromatic carbocycles. The quantitative estimate of drug-likeness (QED) is 0.820. The number of benzene rings is 1. The first kappa shape index (κ1) is 18.9. The van der Waals surface area contributed by atoms with Gasteiger partial charge < -0.3 is 10.2 Å². The van der Waals surface area contributed by atoms with Gasteiger partial charge in [0.05, 0.1) is 0 Å². The van der Waals surface area contributed by atoms with Gasteiger partial charge in [-0.3, -0.25) is 9.59 Å². The van der Waals surface area contributed by atoms with E-state index in [0.29, 0.717) is 24.9 Å². The van der Waals surface area contributed by atoms with Crippen LogP contribution in [0.3, 0.4) is 0 Å². The van der Waals surface area contributed by atoms with Crippen LogP contribution in [0, 0.1) is 5.82 Å². The minimum Gasteiger partial charge on any atom is -0.342 e. The molecule has 0 aliphatic heterocycles. The molecule has 4 nitrogen and oxygen atoms in total. The van der Waals surface area contributed by atoms with Gasteiger partial charge >= 0.3 is 0 Å². The lowest BCUT2D eigenvalue weighted by Crippen LogP contribution is -2.60. The maximum atomic E-state index is 14.0. The van der Waals surface area contributed by atoms with Crippen molar-refractivity contribution in [3.05, 3.63) is 34.1 Å². The Balaban J connectivity index is 2.25. The van der Waals surface area contributed by atoms with Crippen molar-refractivity contribution in [2.75, 3.05) is 6.54 Å². The van der Waals surface area contributed by atoms with Gasteiger partial charge in [-0.05, 0) is 38.0 Å². The van der Waals surface area contributed by atoms with Crippen molar-refractivity contribution in [2.24, 2.45) is 0 Å². The first-order valence-electron chi connectivity index (χ1n) is 8.40. The number of amides is 2. The van der Waals surface area contributed by atoms with Crippen LogP contribution >= 0.6 is 15.9 Å². The number of hydrogen-bond acceptors (Lipinski definition) is 2. The molecule has 1 aliphatic carbocycles. The fraction of sp³-hybridized carbons (Fsp3) is 0.556. The van der Waals surface area contributed by atoms with Crippen molar-refractivity contribution >= 4 is 27.7 Å². The lowest BCUT2D eigenvalue weighted by atomic mass is 9.80. The molecule has 0 bridgehead atoms. The summed E-state index contributed by atoms with van der Waals surface area (Å²) >= 11 is 3.34. The number of hydrogen-bond donors (Lipinski definition) is 1. The van der Waals surface area contributed by atoms with Gasteiger partial charge in [0.15, 0.2) is 0 Å². The van der Waals surface area contributed by atoms with Crippen LogP contribution in [0.15, 0.2) is 22.7 Å². The molecule has 132 valence electrons. The third kappa shape index (κ3) is 4.35. The zero-order chi connectivity index (χ0) is 17.7. The topological polar surface area (TPSA) is 49.4 Å². The minimum absolute atomic E-state index is 0.112. The van der Waals surface area contributed by atoms with Crippen molar-refractivity contribution < 1.29 is 14.0 Å². The number of carbonyl (C=O) groups is 2. The van der Waals surface area contributed by atoms with Crippen molar-refractivity contribution in [3.8, 4) is 0 Å². The van der Waals surface area contributed by atoms with Crippen LogP contribution in [-0.2, 0) is 16.1 Å². The molecule has 6 heteroatoms. The lowest BCUT2D eigenvalue weighted by Gasteiger charge is -2.40. The summed E-state index contributed by atoms with van der Waals surface area (Å²) in [6.45, 7) is 3.97. The Labute approximate surface area is 150 Å². The van der Waals surface area contributed by atoms with Crippen LogP contribution < -0.4 is 5.32 Å². The molecule has 0 atom stereocenters. The van der Waals surface area contributed by atoms with E-state index in [0.717, 1.165) is 23.7 Å². The van der Waals surface area contributed by atoms with Gasteiger partial charge in [0, 0.05) is 30.0 Å². The van der Waals surface area contributed by atoms with Gasteiger partial charge in [0.2, 0.25) is 11.8 Å². The summed E-state index contributed by atoms with van der Waals surface area (Å²) in [5.74, 6) is -0.643. The van der Waals surface area contributed by atoms with E-state index in [4.69, 9.17) is 0 Å². The number of rotatable bonds is 5. The molecule has 1 aliphatic rings. The number of nitrogens with zero attached hydrogens (tertiary/aromatic N) is 1. The molecule has 1 saturated carbocycles. The molecule has 1 fully saturated rings. The monoisotopic (exact) mass is 398 g/mol. The van der Waals surface area contributed by atoms with E-state index < -0.39 is 5.54 Å². The SMILES string of the molecule is CCN(Cc1cc(Br)ccc1F)C(=O)C1(NC(C)=O)CCCCC1. The fourth-order valence-electron chi connectivity index (χ4n) is 3.38. The number of nitrogens with one attached hydrogen (secondary N) is 1. The van der Waals surface area contributed by atoms with E-state index >= 15 is 0 Å². The van der Waals surface area contributed by atoms with Crippen LogP contribution in [0.2, 0.25) is 0 Å². The Kier molecular flexibility index (Phi) is 6.38. The van der Waals surface area contributed by atoms with E-state index in [1.54, 1.807) is 17.0 Å². The average Bonchev–Trinajstić information content (AvgIpc) is 2.55. The maximum Gasteiger partial charge on any atom is 0.248 e. The van der Waals surface area contributed by atoms with E-state index in [9.17, 15) is 14.0 Å². The molecule has 0 spiro atoms. The maximum absolute atomic E-state index is 14.0. The number of likely N-dealkylation sites (N-methyl/N-ethyl adjacent to an activating group) is 1. The molecule has 1 aromatic rings. The van der Waals surface area contributed by atoms with Crippen LogP contribution in [0.25, 0.3) is 0 Å². The third-order valence-electron chi connectivity index (χ3n) is 4.57. The minimum atomic E-state index is -0.845. The van der Waals surface area contributed by atoms with E-state index in [1.165, 1.54) is 13.0 Å². The van der Waals surface area contributed by atoms with Crippen molar-refractivity contribution in [1.82, 2.24) is 10.2 Å². The van der Waals surface area contributed by atoms with E-state index in [1.807, 2.05) is 6.92 Å². The Bertz CT molecular complexity index is 615. The summed E-state index contributed by atoms with van der Waals surface area (Å²) in [5, 5.41) is 2.89. The summed E-state index contributed by atoms with van der Waals surface area (Å²) in [6, 6.07) is 4.72. The molecule has 0 unspecified atom stereocenters. The largest absolute Gasteiger partial charge is 0.342 e. The molecule has 2 amide bonds. The summed E-state index contributed by atoms with van der Waals surface area (Å²) in [5.41, 5.74) is -0.379. The smallest absolute Gasteiger partial charge is 0.248 e. The molecule has 0 radical (unpaired) electrons. The lowest BCUT2D eigenvalue weighted by molar-refractivity contribution is -0.143. The second-order valence-corrected chi connectivity index (χ2v) is 7.29. The van der Waals surface area contributed by atoms with E-state index in [2.05, 4.69) is 21.2 Å². The number of carbonyl (C=O) groups excluding carboxylic acids is 2. The molecule has 1 N–H and O–H groups in total. The average molecular weight is 399 g/mol. The van der Waals surface area contributed by atoms with E-state index in [-0.39, 0.29) is 24.2 Å². The van der Waals surface area contributed by atoms with Crippen molar-refractivity contribution in [2.45, 2.75) is 58.0 Å². The second-order valence-electron chi connectivity index (χ2n) is 6.38. The summed E-state index contributed by atoms with van der Waals surface area (Å²) in [7, 11) is 0.